The number of alkyl carbamates (subject to hydrolysis) is 1. The number of hydrogen-bond acceptors (Lipinski definition) is 4. The van der Waals surface area contributed by atoms with Crippen molar-refractivity contribution in [1.82, 2.24) is 10.2 Å². The fraction of sp³-hybridized carbons (Fsp3) is 0.750. The van der Waals surface area contributed by atoms with Gasteiger partial charge in [0.2, 0.25) is 5.91 Å². The van der Waals surface area contributed by atoms with Gasteiger partial charge in [-0.05, 0) is 25.2 Å². The second-order valence-corrected chi connectivity index (χ2v) is 5.16. The van der Waals surface area contributed by atoms with Crippen LogP contribution in [-0.2, 0) is 14.3 Å². The molecule has 2 aliphatic rings. The summed E-state index contributed by atoms with van der Waals surface area (Å²) in [5, 5.41) is 11.6. The molecule has 4 atom stereocenters. The highest BCUT2D eigenvalue weighted by Gasteiger charge is 2.49. The Hall–Kier alpha value is -1.79. The standard InChI is InChI=1S/C12H18N2O5/c1-6-5-7-3-4-8(11(16)17)14(7)10(15)9(6)13-12(18)19-2/h6-9H,3-5H2,1-2H3,(H,13,18)(H,16,17)/t6?,7-,8?,9+/m1/s1. The Morgan fingerprint density at radius 1 is 1.42 bits per heavy atom. The molecule has 7 nitrogen and oxygen atoms in total. The third-order valence-electron chi connectivity index (χ3n) is 3.98. The molecule has 0 radical (unpaired) electrons. The number of ether oxygens (including phenoxy) is 1. The molecule has 0 saturated carbocycles. The van der Waals surface area contributed by atoms with E-state index >= 15 is 0 Å². The minimum atomic E-state index is -0.984. The molecular formula is C12H18N2O5. The zero-order valence-electron chi connectivity index (χ0n) is 11.0. The van der Waals surface area contributed by atoms with E-state index < -0.39 is 24.1 Å². The molecule has 0 aromatic carbocycles. The summed E-state index contributed by atoms with van der Waals surface area (Å²) in [7, 11) is 1.23. The van der Waals surface area contributed by atoms with Gasteiger partial charge in [0.05, 0.1) is 7.11 Å². The lowest BCUT2D eigenvalue weighted by atomic mass is 9.88. The van der Waals surface area contributed by atoms with Crippen molar-refractivity contribution in [3.05, 3.63) is 0 Å². The molecule has 2 heterocycles. The zero-order valence-corrected chi connectivity index (χ0v) is 11.0. The third-order valence-corrected chi connectivity index (χ3v) is 3.98. The quantitative estimate of drug-likeness (QED) is 0.747. The van der Waals surface area contributed by atoms with Crippen LogP contribution in [0.3, 0.4) is 0 Å². The van der Waals surface area contributed by atoms with Crippen LogP contribution in [-0.4, -0.2) is 53.2 Å². The van der Waals surface area contributed by atoms with Crippen LogP contribution in [0.4, 0.5) is 4.79 Å². The van der Waals surface area contributed by atoms with Crippen LogP contribution in [0.1, 0.15) is 26.2 Å². The fourth-order valence-electron chi connectivity index (χ4n) is 3.05. The number of rotatable bonds is 2. The van der Waals surface area contributed by atoms with Gasteiger partial charge < -0.3 is 20.1 Å². The number of carboxylic acids is 1. The highest BCUT2D eigenvalue weighted by Crippen LogP contribution is 2.35. The van der Waals surface area contributed by atoms with Gasteiger partial charge in [-0.3, -0.25) is 4.79 Å². The van der Waals surface area contributed by atoms with Gasteiger partial charge in [-0.15, -0.1) is 0 Å². The predicted molar refractivity (Wildman–Crippen MR) is 64.4 cm³/mol. The molecule has 7 heteroatoms. The molecule has 0 aromatic rings. The second kappa shape index (κ2) is 5.07. The van der Waals surface area contributed by atoms with Gasteiger partial charge in [0.25, 0.3) is 0 Å². The minimum absolute atomic E-state index is 0.0274. The summed E-state index contributed by atoms with van der Waals surface area (Å²) in [6.45, 7) is 1.88. The average molecular weight is 270 g/mol. The maximum atomic E-state index is 12.4. The number of methoxy groups -OCH3 is 1. The van der Waals surface area contributed by atoms with Gasteiger partial charge in [-0.2, -0.15) is 0 Å². The van der Waals surface area contributed by atoms with Crippen molar-refractivity contribution in [3.8, 4) is 0 Å². The number of fused-ring (bicyclic) bond motifs is 1. The summed E-state index contributed by atoms with van der Waals surface area (Å²) in [5.74, 6) is -1.33. The smallest absolute Gasteiger partial charge is 0.407 e. The lowest BCUT2D eigenvalue weighted by molar-refractivity contribution is -0.153. The first-order valence-electron chi connectivity index (χ1n) is 6.35. The Kier molecular flexibility index (Phi) is 3.64. The summed E-state index contributed by atoms with van der Waals surface area (Å²) < 4.78 is 4.50. The van der Waals surface area contributed by atoms with Crippen LogP contribution < -0.4 is 5.32 Å². The van der Waals surface area contributed by atoms with Gasteiger partial charge in [0.15, 0.2) is 0 Å². The molecule has 0 spiro atoms. The summed E-state index contributed by atoms with van der Waals surface area (Å²) in [4.78, 5) is 36.2. The number of aliphatic carboxylic acids is 1. The van der Waals surface area contributed by atoms with Crippen molar-refractivity contribution in [3.63, 3.8) is 0 Å². The zero-order chi connectivity index (χ0) is 14.2. The number of nitrogens with one attached hydrogen (secondary N) is 1. The van der Waals surface area contributed by atoms with Crippen LogP contribution in [0, 0.1) is 5.92 Å². The van der Waals surface area contributed by atoms with E-state index in [4.69, 9.17) is 5.11 Å². The summed E-state index contributed by atoms with van der Waals surface area (Å²) >= 11 is 0. The lowest BCUT2D eigenvalue weighted by Gasteiger charge is -2.40. The molecule has 2 amide bonds. The van der Waals surface area contributed by atoms with E-state index in [0.29, 0.717) is 19.3 Å². The van der Waals surface area contributed by atoms with E-state index in [-0.39, 0.29) is 17.9 Å². The van der Waals surface area contributed by atoms with E-state index in [2.05, 4.69) is 10.1 Å². The maximum absolute atomic E-state index is 12.4. The van der Waals surface area contributed by atoms with Crippen molar-refractivity contribution in [2.24, 2.45) is 5.92 Å². The van der Waals surface area contributed by atoms with E-state index in [1.807, 2.05) is 6.92 Å². The van der Waals surface area contributed by atoms with Crippen LogP contribution in [0.25, 0.3) is 0 Å². The molecule has 2 N–H and O–H groups in total. The Morgan fingerprint density at radius 2 is 2.11 bits per heavy atom. The first-order valence-corrected chi connectivity index (χ1v) is 6.35. The monoisotopic (exact) mass is 270 g/mol. The predicted octanol–water partition coefficient (Wildman–Crippen LogP) is 0.195. The molecule has 2 rings (SSSR count). The molecular weight excluding hydrogens is 252 g/mol. The molecule has 2 aliphatic heterocycles. The first-order chi connectivity index (χ1) is 8.95. The van der Waals surface area contributed by atoms with Crippen molar-refractivity contribution in [1.29, 1.82) is 0 Å². The number of carboxylic acid groups (broad SMARTS) is 1. The van der Waals surface area contributed by atoms with Crippen LogP contribution in [0.5, 0.6) is 0 Å². The van der Waals surface area contributed by atoms with Crippen LogP contribution >= 0.6 is 0 Å². The van der Waals surface area contributed by atoms with Crippen molar-refractivity contribution < 1.29 is 24.2 Å². The summed E-state index contributed by atoms with van der Waals surface area (Å²) in [6, 6.07) is -1.50. The topological polar surface area (TPSA) is 95.9 Å². The van der Waals surface area contributed by atoms with Crippen molar-refractivity contribution >= 4 is 18.0 Å². The number of piperidine rings is 1. The van der Waals surface area contributed by atoms with Crippen molar-refractivity contribution in [2.45, 2.75) is 44.3 Å². The summed E-state index contributed by atoms with van der Waals surface area (Å²) in [5.41, 5.74) is 0. The summed E-state index contributed by atoms with van der Waals surface area (Å²) in [6.07, 6.45) is 1.21. The Balaban J connectivity index is 2.17. The SMILES string of the molecule is COC(=O)N[C@@H]1C(=O)N2C(C(=O)O)CC[C@@H]2CC1C. The average Bonchev–Trinajstić information content (AvgIpc) is 2.77. The normalized spacial score (nSPS) is 33.8. The highest BCUT2D eigenvalue weighted by molar-refractivity contribution is 5.91. The number of carbonyl (C=O) groups is 3. The Labute approximate surface area is 110 Å². The van der Waals surface area contributed by atoms with Gasteiger partial charge in [-0.25, -0.2) is 9.59 Å². The molecule has 2 saturated heterocycles. The highest BCUT2D eigenvalue weighted by atomic mass is 16.5. The molecule has 106 valence electrons. The largest absolute Gasteiger partial charge is 0.480 e. The number of hydrogen-bond donors (Lipinski definition) is 2. The third kappa shape index (κ3) is 2.36. The van der Waals surface area contributed by atoms with Gasteiger partial charge in [-0.1, -0.05) is 6.92 Å². The van der Waals surface area contributed by atoms with E-state index in [1.165, 1.54) is 12.0 Å². The maximum Gasteiger partial charge on any atom is 0.407 e. The molecule has 0 aromatic heterocycles. The minimum Gasteiger partial charge on any atom is -0.480 e. The van der Waals surface area contributed by atoms with E-state index in [0.717, 1.165) is 0 Å². The molecule has 0 bridgehead atoms. The molecule has 2 unspecified atom stereocenters. The van der Waals surface area contributed by atoms with Gasteiger partial charge >= 0.3 is 12.1 Å². The Bertz CT molecular complexity index is 411. The van der Waals surface area contributed by atoms with Gasteiger partial charge in [0.1, 0.15) is 12.1 Å². The molecule has 0 aliphatic carbocycles. The van der Waals surface area contributed by atoms with Crippen LogP contribution in [0.2, 0.25) is 0 Å². The first kappa shape index (κ1) is 13.6. The number of carbonyl (C=O) groups excluding carboxylic acids is 2. The van der Waals surface area contributed by atoms with Crippen molar-refractivity contribution in [2.75, 3.05) is 7.11 Å². The Morgan fingerprint density at radius 3 is 2.68 bits per heavy atom. The van der Waals surface area contributed by atoms with Crippen LogP contribution in [0.15, 0.2) is 0 Å². The van der Waals surface area contributed by atoms with E-state index in [9.17, 15) is 14.4 Å². The molecule has 19 heavy (non-hydrogen) atoms. The van der Waals surface area contributed by atoms with E-state index in [1.54, 1.807) is 0 Å². The van der Waals surface area contributed by atoms with Gasteiger partial charge in [0, 0.05) is 6.04 Å². The number of nitrogens with zero attached hydrogens (tertiary/aromatic N) is 1. The fourth-order valence-corrected chi connectivity index (χ4v) is 3.05. The lowest BCUT2D eigenvalue weighted by Crippen LogP contribution is -2.60. The molecule has 2 fully saturated rings. The second-order valence-electron chi connectivity index (χ2n) is 5.16. The number of amides is 2.